The lowest BCUT2D eigenvalue weighted by molar-refractivity contribution is -0.116. The summed E-state index contributed by atoms with van der Waals surface area (Å²) in [4.78, 5) is 16.5. The number of hydrogen-bond donors (Lipinski definition) is 0. The van der Waals surface area contributed by atoms with E-state index >= 15 is 0 Å². The van der Waals surface area contributed by atoms with E-state index in [0.717, 1.165) is 25.9 Å². The number of ketones is 1. The van der Waals surface area contributed by atoms with Crippen LogP contribution in [0.15, 0.2) is 121 Å². The Labute approximate surface area is 202 Å². The summed E-state index contributed by atoms with van der Waals surface area (Å²) < 4.78 is 0. The van der Waals surface area contributed by atoms with E-state index in [1.54, 1.807) is 0 Å². The van der Waals surface area contributed by atoms with Crippen molar-refractivity contribution in [3.63, 3.8) is 0 Å². The molecule has 1 heterocycles. The second kappa shape index (κ2) is 10.4. The largest absolute Gasteiger partial charge is 0.293 e. The first-order chi connectivity index (χ1) is 16.8. The van der Waals surface area contributed by atoms with E-state index in [0.29, 0.717) is 0 Å². The maximum Gasteiger partial charge on any atom is 0.173 e. The summed E-state index contributed by atoms with van der Waals surface area (Å²) in [5.74, 6) is 2.36. The summed E-state index contributed by atoms with van der Waals surface area (Å²) in [6, 6.07) is 42.2. The standard InChI is InChI=1S/C31H30NOP/c33-31(30-22-13-23-32(30)24-26-14-5-1-6-15-26)25-34(27-16-7-2-8-17-27,28-18-9-3-10-19-28)29-20-11-4-12-21-29/h1-12,14-21,25,30H,13,22-24H2/t30-/m0/s1. The fraction of sp³-hybridized carbons (Fsp3) is 0.161. The van der Waals surface area contributed by atoms with Crippen LogP contribution in [0.4, 0.5) is 0 Å². The number of hydrogen-bond acceptors (Lipinski definition) is 2. The van der Waals surface area contributed by atoms with Gasteiger partial charge in [-0.2, -0.15) is 0 Å². The number of nitrogens with zero attached hydrogens (tertiary/aromatic N) is 1. The molecule has 170 valence electrons. The predicted octanol–water partition coefficient (Wildman–Crippen LogP) is 5.02. The van der Waals surface area contributed by atoms with Gasteiger partial charge in [-0.25, -0.2) is 0 Å². The number of benzene rings is 4. The van der Waals surface area contributed by atoms with Gasteiger partial charge in [0.05, 0.1) is 6.04 Å². The van der Waals surface area contributed by atoms with E-state index < -0.39 is 6.89 Å². The fourth-order valence-electron chi connectivity index (χ4n) is 5.09. The van der Waals surface area contributed by atoms with Crippen molar-refractivity contribution < 1.29 is 4.79 Å². The number of Topliss-reactive ketones (excluding diaryl/α,β-unsaturated/α-hetero) is 1. The van der Waals surface area contributed by atoms with Crippen molar-refractivity contribution in [3.05, 3.63) is 127 Å². The zero-order valence-corrected chi connectivity index (χ0v) is 20.2. The van der Waals surface area contributed by atoms with Crippen LogP contribution in [0.5, 0.6) is 0 Å². The maximum absolute atomic E-state index is 14.1. The van der Waals surface area contributed by atoms with Crippen molar-refractivity contribution in [1.29, 1.82) is 0 Å². The molecule has 4 aromatic rings. The Balaban J connectivity index is 1.64. The molecule has 0 radical (unpaired) electrons. The van der Waals surface area contributed by atoms with Gasteiger partial charge in [0, 0.05) is 6.54 Å². The van der Waals surface area contributed by atoms with E-state index in [1.807, 2.05) is 6.07 Å². The molecular weight excluding hydrogens is 433 g/mol. The molecule has 0 spiro atoms. The van der Waals surface area contributed by atoms with Gasteiger partial charge in [0.1, 0.15) is 0 Å². The quantitative estimate of drug-likeness (QED) is 0.359. The van der Waals surface area contributed by atoms with Gasteiger partial charge < -0.3 is 0 Å². The minimum Gasteiger partial charge on any atom is -0.293 e. The highest BCUT2D eigenvalue weighted by molar-refractivity contribution is 7.95. The average Bonchev–Trinajstić information content (AvgIpc) is 3.37. The summed E-state index contributed by atoms with van der Waals surface area (Å²) in [6.07, 6.45) is 1.98. The Morgan fingerprint density at radius 3 is 1.62 bits per heavy atom. The fourth-order valence-corrected chi connectivity index (χ4v) is 8.92. The first-order valence-electron chi connectivity index (χ1n) is 12.0. The van der Waals surface area contributed by atoms with Crippen molar-refractivity contribution in [3.8, 4) is 0 Å². The number of carbonyl (C=O) groups excluding carboxylic acids is 1. The van der Waals surface area contributed by atoms with Crippen molar-refractivity contribution in [2.75, 3.05) is 6.54 Å². The third-order valence-electron chi connectivity index (χ3n) is 6.73. The van der Waals surface area contributed by atoms with Crippen LogP contribution in [0.3, 0.4) is 0 Å². The van der Waals surface area contributed by atoms with Crippen molar-refractivity contribution in [2.24, 2.45) is 0 Å². The Kier molecular flexibility index (Phi) is 6.90. The van der Waals surface area contributed by atoms with Crippen LogP contribution in [0.25, 0.3) is 0 Å². The molecular formula is C31H30NOP. The van der Waals surface area contributed by atoms with Crippen LogP contribution in [-0.4, -0.2) is 29.1 Å². The van der Waals surface area contributed by atoms with Gasteiger partial charge in [-0.1, -0.05) is 121 Å². The van der Waals surface area contributed by atoms with E-state index in [9.17, 15) is 4.79 Å². The van der Waals surface area contributed by atoms with E-state index in [-0.39, 0.29) is 11.8 Å². The summed E-state index contributed by atoms with van der Waals surface area (Å²) in [5.41, 5.74) is 1.26. The second-order valence-electron chi connectivity index (χ2n) is 8.87. The highest BCUT2D eigenvalue weighted by Gasteiger charge is 2.33. The first kappa shape index (κ1) is 22.6. The zero-order chi connectivity index (χ0) is 23.2. The lowest BCUT2D eigenvalue weighted by Gasteiger charge is -2.30. The van der Waals surface area contributed by atoms with E-state index in [4.69, 9.17) is 0 Å². The Bertz CT molecular complexity index is 1170. The predicted molar refractivity (Wildman–Crippen MR) is 146 cm³/mol. The summed E-state index contributed by atoms with van der Waals surface area (Å²) >= 11 is 0. The third kappa shape index (κ3) is 4.57. The highest BCUT2D eigenvalue weighted by Crippen LogP contribution is 2.44. The molecule has 0 aromatic heterocycles. The third-order valence-corrected chi connectivity index (χ3v) is 10.7. The molecule has 34 heavy (non-hydrogen) atoms. The molecule has 0 unspecified atom stereocenters. The lowest BCUT2D eigenvalue weighted by atomic mass is 10.1. The Hall–Kier alpha value is -3.19. The van der Waals surface area contributed by atoms with Crippen molar-refractivity contribution in [1.82, 2.24) is 4.90 Å². The molecule has 0 bridgehead atoms. The molecule has 4 aromatic carbocycles. The summed E-state index contributed by atoms with van der Waals surface area (Å²) in [6.45, 7) is -0.489. The average molecular weight is 464 g/mol. The van der Waals surface area contributed by atoms with Crippen LogP contribution in [-0.2, 0) is 11.3 Å². The van der Waals surface area contributed by atoms with Crippen LogP contribution < -0.4 is 15.9 Å². The molecule has 1 atom stereocenters. The molecule has 1 aliphatic rings. The molecule has 1 aliphatic heterocycles. The van der Waals surface area contributed by atoms with E-state index in [2.05, 4.69) is 126 Å². The van der Waals surface area contributed by atoms with Gasteiger partial charge in [0.15, 0.2) is 5.78 Å². The van der Waals surface area contributed by atoms with Crippen molar-refractivity contribution >= 4 is 34.4 Å². The van der Waals surface area contributed by atoms with Gasteiger partial charge in [-0.15, -0.1) is 0 Å². The minimum absolute atomic E-state index is 0.0734. The number of rotatable bonds is 7. The van der Waals surface area contributed by atoms with Gasteiger partial charge in [0.25, 0.3) is 0 Å². The van der Waals surface area contributed by atoms with Crippen LogP contribution in [0, 0.1) is 0 Å². The Morgan fingerprint density at radius 1 is 0.706 bits per heavy atom. The lowest BCUT2D eigenvalue weighted by Crippen LogP contribution is -2.38. The normalized spacial score (nSPS) is 16.3. The monoisotopic (exact) mass is 463 g/mol. The number of likely N-dealkylation sites (tertiary alicyclic amines) is 1. The summed E-state index contributed by atoms with van der Waals surface area (Å²) in [5, 5.41) is 3.65. The molecule has 0 N–H and O–H groups in total. The van der Waals surface area contributed by atoms with Gasteiger partial charge in [-0.3, -0.25) is 9.69 Å². The molecule has 5 rings (SSSR count). The minimum atomic E-state index is -2.27. The van der Waals surface area contributed by atoms with Gasteiger partial charge in [0.2, 0.25) is 0 Å². The SMILES string of the molecule is O=C(C=P(c1ccccc1)(c1ccccc1)c1ccccc1)[C@@H]1CCCN1Cc1ccccc1. The van der Waals surface area contributed by atoms with E-state index in [1.165, 1.54) is 21.5 Å². The molecule has 0 amide bonds. The molecule has 0 aliphatic carbocycles. The zero-order valence-electron chi connectivity index (χ0n) is 19.3. The molecule has 2 nitrogen and oxygen atoms in total. The van der Waals surface area contributed by atoms with Crippen LogP contribution in [0.2, 0.25) is 0 Å². The van der Waals surface area contributed by atoms with Crippen LogP contribution >= 0.6 is 6.89 Å². The topological polar surface area (TPSA) is 20.3 Å². The maximum atomic E-state index is 14.1. The molecule has 0 saturated carbocycles. The first-order valence-corrected chi connectivity index (χ1v) is 13.9. The van der Waals surface area contributed by atoms with Crippen LogP contribution in [0.1, 0.15) is 18.4 Å². The summed E-state index contributed by atoms with van der Waals surface area (Å²) in [7, 11) is 0. The van der Waals surface area contributed by atoms with Gasteiger partial charge in [-0.05, 0) is 53.5 Å². The molecule has 1 saturated heterocycles. The second-order valence-corrected chi connectivity index (χ2v) is 12.1. The molecule has 1 fully saturated rings. The van der Waals surface area contributed by atoms with Crippen molar-refractivity contribution in [2.45, 2.75) is 25.4 Å². The molecule has 3 heteroatoms. The highest BCUT2D eigenvalue weighted by atomic mass is 31.2. The number of carbonyl (C=O) groups is 1. The smallest absolute Gasteiger partial charge is 0.173 e. The Morgan fingerprint density at radius 2 is 1.15 bits per heavy atom. The van der Waals surface area contributed by atoms with Gasteiger partial charge >= 0.3 is 0 Å².